The van der Waals surface area contributed by atoms with Crippen molar-refractivity contribution < 1.29 is 4.79 Å². The molecule has 0 radical (unpaired) electrons. The summed E-state index contributed by atoms with van der Waals surface area (Å²) in [6.45, 7) is 3.81. The largest absolute Gasteiger partial charge is 0.324 e. The van der Waals surface area contributed by atoms with Crippen molar-refractivity contribution in [1.29, 1.82) is 0 Å². The van der Waals surface area contributed by atoms with Crippen molar-refractivity contribution in [2.45, 2.75) is 39.2 Å². The Balaban J connectivity index is 1.55. The number of carbonyl (C=O) groups is 1. The average molecular weight is 413 g/mol. The molecule has 0 bridgehead atoms. The smallest absolute Gasteiger partial charge is 0.293 e. The van der Waals surface area contributed by atoms with Crippen LogP contribution in [0.3, 0.4) is 0 Å². The topological polar surface area (TPSA) is 81.8 Å². The van der Waals surface area contributed by atoms with Gasteiger partial charge in [0.1, 0.15) is 12.1 Å². The number of amides is 1. The van der Waals surface area contributed by atoms with E-state index < -0.39 is 0 Å². The second-order valence-corrected chi connectivity index (χ2v) is 8.20. The van der Waals surface area contributed by atoms with Crippen LogP contribution in [0.25, 0.3) is 16.6 Å². The van der Waals surface area contributed by atoms with Gasteiger partial charge in [0.05, 0.1) is 17.6 Å². The first-order valence-electron chi connectivity index (χ1n) is 10.4. The second-order valence-electron chi connectivity index (χ2n) is 8.20. The first-order chi connectivity index (χ1) is 15.0. The Labute approximate surface area is 179 Å². The van der Waals surface area contributed by atoms with Crippen LogP contribution in [0.5, 0.6) is 0 Å². The maximum atomic E-state index is 13.3. The van der Waals surface area contributed by atoms with E-state index in [-0.39, 0.29) is 18.0 Å². The van der Waals surface area contributed by atoms with Crippen LogP contribution in [-0.2, 0) is 11.3 Å². The van der Waals surface area contributed by atoms with Gasteiger partial charge in [0, 0.05) is 17.0 Å². The van der Waals surface area contributed by atoms with E-state index >= 15 is 0 Å². The van der Waals surface area contributed by atoms with Crippen LogP contribution in [0.4, 0.5) is 5.69 Å². The fourth-order valence-corrected chi connectivity index (χ4v) is 4.01. The summed E-state index contributed by atoms with van der Waals surface area (Å²) >= 11 is 0. The molecule has 1 amide bonds. The molecule has 1 saturated carbocycles. The maximum absolute atomic E-state index is 13.3. The summed E-state index contributed by atoms with van der Waals surface area (Å²) in [6, 6.07) is 15.4. The predicted molar refractivity (Wildman–Crippen MR) is 120 cm³/mol. The number of carbonyl (C=O) groups excluding carboxylic acids is 1. The van der Waals surface area contributed by atoms with Gasteiger partial charge in [-0.1, -0.05) is 24.3 Å². The van der Waals surface area contributed by atoms with Crippen LogP contribution in [0.1, 0.15) is 35.6 Å². The van der Waals surface area contributed by atoms with Crippen LogP contribution in [0, 0.1) is 13.8 Å². The van der Waals surface area contributed by atoms with Crippen molar-refractivity contribution >= 4 is 22.5 Å². The Hall–Kier alpha value is -3.74. The van der Waals surface area contributed by atoms with Crippen LogP contribution >= 0.6 is 0 Å². The van der Waals surface area contributed by atoms with E-state index in [4.69, 9.17) is 0 Å². The summed E-state index contributed by atoms with van der Waals surface area (Å²) in [5, 5.41) is 12.7. The molecule has 0 spiro atoms. The molecule has 156 valence electrons. The molecule has 0 aliphatic heterocycles. The van der Waals surface area contributed by atoms with Gasteiger partial charge < -0.3 is 5.32 Å². The van der Waals surface area contributed by atoms with E-state index in [1.54, 1.807) is 10.9 Å². The SMILES string of the molecule is Cc1cc(C)cc(NC(=O)Cn2nc(C3CC3)c3cnn(-c4ccccc4)c3c2=O)c1. The highest BCUT2D eigenvalue weighted by molar-refractivity contribution is 5.91. The van der Waals surface area contributed by atoms with Gasteiger partial charge >= 0.3 is 0 Å². The number of fused-ring (bicyclic) bond motifs is 1. The van der Waals surface area contributed by atoms with Gasteiger partial charge in [-0.15, -0.1) is 0 Å². The van der Waals surface area contributed by atoms with Crippen molar-refractivity contribution in [3.63, 3.8) is 0 Å². The zero-order valence-electron chi connectivity index (χ0n) is 17.5. The number of hydrogen-bond donors (Lipinski definition) is 1. The molecule has 1 aliphatic carbocycles. The first kappa shape index (κ1) is 19.2. The third kappa shape index (κ3) is 3.74. The standard InChI is InChI=1S/C24H23N5O2/c1-15-10-16(2)12-18(11-15)26-21(30)14-28-24(31)23-20(22(27-28)17-8-9-17)13-25-29(23)19-6-4-3-5-7-19/h3-7,10-13,17H,8-9,14H2,1-2H3,(H,26,30). The fraction of sp³-hybridized carbons (Fsp3) is 0.250. The van der Waals surface area contributed by atoms with E-state index in [2.05, 4.69) is 15.5 Å². The molecular formula is C24H23N5O2. The van der Waals surface area contributed by atoms with Gasteiger partial charge in [0.15, 0.2) is 0 Å². The molecule has 2 aromatic carbocycles. The lowest BCUT2D eigenvalue weighted by molar-refractivity contribution is -0.117. The summed E-state index contributed by atoms with van der Waals surface area (Å²) in [4.78, 5) is 26.1. The lowest BCUT2D eigenvalue weighted by Crippen LogP contribution is -2.31. The molecule has 1 aliphatic rings. The van der Waals surface area contributed by atoms with Crippen LogP contribution in [0.2, 0.25) is 0 Å². The van der Waals surface area contributed by atoms with Crippen LogP contribution in [0.15, 0.2) is 59.5 Å². The molecule has 7 nitrogen and oxygen atoms in total. The number of benzene rings is 2. The molecular weight excluding hydrogens is 390 g/mol. The van der Waals surface area contributed by atoms with Crippen molar-refractivity contribution in [1.82, 2.24) is 19.6 Å². The summed E-state index contributed by atoms with van der Waals surface area (Å²) in [5.41, 5.74) is 4.63. The number of rotatable bonds is 5. The van der Waals surface area contributed by atoms with Crippen molar-refractivity contribution in [3.8, 4) is 5.69 Å². The summed E-state index contributed by atoms with van der Waals surface area (Å²) in [5.74, 6) is 0.0248. The molecule has 4 aromatic rings. The Morgan fingerprint density at radius 1 is 1.10 bits per heavy atom. The molecule has 2 heterocycles. The Morgan fingerprint density at radius 2 is 1.81 bits per heavy atom. The van der Waals surface area contributed by atoms with Gasteiger partial charge in [-0.05, 0) is 62.1 Å². The van der Waals surface area contributed by atoms with E-state index in [0.29, 0.717) is 17.1 Å². The third-order valence-corrected chi connectivity index (χ3v) is 5.47. The van der Waals surface area contributed by atoms with E-state index in [0.717, 1.165) is 40.7 Å². The quantitative estimate of drug-likeness (QED) is 0.541. The number of nitrogens with zero attached hydrogens (tertiary/aromatic N) is 4. The van der Waals surface area contributed by atoms with Gasteiger partial charge in [0.2, 0.25) is 5.91 Å². The molecule has 5 rings (SSSR count). The monoisotopic (exact) mass is 413 g/mol. The number of aryl methyl sites for hydroxylation is 2. The normalized spacial score (nSPS) is 13.5. The highest BCUT2D eigenvalue weighted by Gasteiger charge is 2.30. The molecule has 1 N–H and O–H groups in total. The number of aromatic nitrogens is 4. The number of para-hydroxylation sites is 1. The Morgan fingerprint density at radius 3 is 2.48 bits per heavy atom. The van der Waals surface area contributed by atoms with Crippen LogP contribution in [-0.4, -0.2) is 25.5 Å². The fourth-order valence-electron chi connectivity index (χ4n) is 4.01. The predicted octanol–water partition coefficient (Wildman–Crippen LogP) is 3.72. The van der Waals surface area contributed by atoms with Crippen molar-refractivity contribution in [3.05, 3.63) is 81.9 Å². The van der Waals surface area contributed by atoms with Gasteiger partial charge in [-0.25, -0.2) is 9.36 Å². The lowest BCUT2D eigenvalue weighted by Gasteiger charge is -2.11. The summed E-state index contributed by atoms with van der Waals surface area (Å²) < 4.78 is 2.92. The minimum Gasteiger partial charge on any atom is -0.324 e. The summed E-state index contributed by atoms with van der Waals surface area (Å²) in [7, 11) is 0. The van der Waals surface area contributed by atoms with Crippen LogP contribution < -0.4 is 10.9 Å². The minimum absolute atomic E-state index is 0.151. The molecule has 1 fully saturated rings. The van der Waals surface area contributed by atoms with Gasteiger partial charge in [-0.2, -0.15) is 10.2 Å². The number of nitrogens with one attached hydrogen (secondary N) is 1. The molecule has 7 heteroatoms. The highest BCUT2D eigenvalue weighted by atomic mass is 16.2. The zero-order chi connectivity index (χ0) is 21.5. The molecule has 0 unspecified atom stereocenters. The Bertz CT molecular complexity index is 1330. The van der Waals surface area contributed by atoms with E-state index in [1.807, 2.05) is 62.4 Å². The van der Waals surface area contributed by atoms with E-state index in [9.17, 15) is 9.59 Å². The molecule has 2 aromatic heterocycles. The summed E-state index contributed by atoms with van der Waals surface area (Å²) in [6.07, 6.45) is 3.78. The number of anilines is 1. The van der Waals surface area contributed by atoms with E-state index in [1.165, 1.54) is 4.68 Å². The van der Waals surface area contributed by atoms with Crippen molar-refractivity contribution in [2.24, 2.45) is 0 Å². The highest BCUT2D eigenvalue weighted by Crippen LogP contribution is 2.41. The van der Waals surface area contributed by atoms with Gasteiger partial charge in [-0.3, -0.25) is 9.59 Å². The molecule has 0 saturated heterocycles. The first-order valence-corrected chi connectivity index (χ1v) is 10.4. The number of hydrogen-bond acceptors (Lipinski definition) is 4. The third-order valence-electron chi connectivity index (χ3n) is 5.47. The Kier molecular flexibility index (Phi) is 4.66. The zero-order valence-corrected chi connectivity index (χ0v) is 17.5. The minimum atomic E-state index is -0.323. The molecule has 31 heavy (non-hydrogen) atoms. The van der Waals surface area contributed by atoms with Crippen molar-refractivity contribution in [2.75, 3.05) is 5.32 Å². The second kappa shape index (κ2) is 7.50. The maximum Gasteiger partial charge on any atom is 0.293 e. The van der Waals surface area contributed by atoms with Gasteiger partial charge in [0.25, 0.3) is 5.56 Å². The average Bonchev–Trinajstić information content (AvgIpc) is 3.47. The lowest BCUT2D eigenvalue weighted by atomic mass is 10.1. The molecule has 0 atom stereocenters.